The van der Waals surface area contributed by atoms with Gasteiger partial charge in [-0.1, -0.05) is 5.92 Å². The van der Waals surface area contributed by atoms with Crippen molar-refractivity contribution in [1.29, 1.82) is 0 Å². The third kappa shape index (κ3) is 4.30. The normalized spacial score (nSPS) is 13.1. The van der Waals surface area contributed by atoms with E-state index in [0.717, 1.165) is 23.3 Å². The predicted octanol–water partition coefficient (Wildman–Crippen LogP) is 5.38. The molecule has 28 heavy (non-hydrogen) atoms. The number of hydroxylamine groups is 1. The number of aryl methyl sites for hydroxylation is 1. The number of halogens is 4. The van der Waals surface area contributed by atoms with Crippen LogP contribution in [0.2, 0.25) is 0 Å². The maximum Gasteiger partial charge on any atom is 0.277 e. The van der Waals surface area contributed by atoms with E-state index in [9.17, 15) is 13.6 Å². The van der Waals surface area contributed by atoms with Gasteiger partial charge >= 0.3 is 0 Å². The molecule has 0 unspecified atom stereocenters. The standard InChI is InChI=1S/C20H16BrClF2N2O2/c1-3-12-6-7-16(11(2)8-12)26(22)19-14(9-15(21)17(23)18(19)24)20(27)25-28-10-13-4-5-13/h1,6-9,13H,4-5,10H2,2H3,(H,25,27). The van der Waals surface area contributed by atoms with Crippen molar-refractivity contribution in [3.05, 3.63) is 57.1 Å². The number of hydrogen-bond donors (Lipinski definition) is 1. The van der Waals surface area contributed by atoms with Crippen LogP contribution in [-0.4, -0.2) is 12.5 Å². The highest BCUT2D eigenvalue weighted by atomic mass is 79.9. The molecule has 0 spiro atoms. The summed E-state index contributed by atoms with van der Waals surface area (Å²) in [5, 5.41) is 0. The van der Waals surface area contributed by atoms with Crippen LogP contribution in [-0.2, 0) is 4.84 Å². The molecule has 146 valence electrons. The van der Waals surface area contributed by atoms with Gasteiger partial charge in [0.2, 0.25) is 0 Å². The van der Waals surface area contributed by atoms with E-state index in [4.69, 9.17) is 23.0 Å². The number of benzene rings is 2. The highest BCUT2D eigenvalue weighted by Gasteiger charge is 2.28. The molecular formula is C20H16BrClF2N2O2. The summed E-state index contributed by atoms with van der Waals surface area (Å²) >= 11 is 9.26. The lowest BCUT2D eigenvalue weighted by molar-refractivity contribution is 0.0270. The van der Waals surface area contributed by atoms with E-state index < -0.39 is 23.2 Å². The average molecular weight is 470 g/mol. The Morgan fingerprint density at radius 2 is 2.11 bits per heavy atom. The summed E-state index contributed by atoms with van der Waals surface area (Å²) in [7, 11) is 0. The van der Waals surface area contributed by atoms with Crippen molar-refractivity contribution < 1.29 is 18.4 Å². The second-order valence-electron chi connectivity index (χ2n) is 6.49. The first kappa shape index (κ1) is 20.6. The van der Waals surface area contributed by atoms with E-state index in [2.05, 4.69) is 27.3 Å². The maximum absolute atomic E-state index is 14.8. The summed E-state index contributed by atoms with van der Waals surface area (Å²) in [5.74, 6) is -0.261. The number of carbonyl (C=O) groups excluding carboxylic acids is 1. The molecule has 1 amide bonds. The molecule has 0 heterocycles. The Morgan fingerprint density at radius 3 is 2.71 bits per heavy atom. The third-order valence-electron chi connectivity index (χ3n) is 4.33. The zero-order chi connectivity index (χ0) is 20.4. The minimum absolute atomic E-state index is 0.183. The number of terminal acetylenes is 1. The molecule has 0 aromatic heterocycles. The van der Waals surface area contributed by atoms with Crippen molar-refractivity contribution >= 4 is 45.0 Å². The summed E-state index contributed by atoms with van der Waals surface area (Å²) in [6.45, 7) is 2.08. The third-order valence-corrected chi connectivity index (χ3v) is 5.26. The molecule has 1 N–H and O–H groups in total. The summed E-state index contributed by atoms with van der Waals surface area (Å²) in [4.78, 5) is 17.7. The fourth-order valence-electron chi connectivity index (χ4n) is 2.60. The van der Waals surface area contributed by atoms with Crippen LogP contribution < -0.4 is 9.90 Å². The lowest BCUT2D eigenvalue weighted by Crippen LogP contribution is -2.27. The van der Waals surface area contributed by atoms with Crippen molar-refractivity contribution in [1.82, 2.24) is 5.48 Å². The average Bonchev–Trinajstić information content (AvgIpc) is 3.49. The van der Waals surface area contributed by atoms with Gasteiger partial charge in [-0.15, -0.1) is 6.42 Å². The Bertz CT molecular complexity index is 974. The van der Waals surface area contributed by atoms with E-state index >= 15 is 0 Å². The summed E-state index contributed by atoms with van der Waals surface area (Å²) < 4.78 is 29.7. The van der Waals surface area contributed by atoms with Gasteiger partial charge in [-0.05, 0) is 71.4 Å². The molecule has 0 bridgehead atoms. The van der Waals surface area contributed by atoms with Gasteiger partial charge in [-0.25, -0.2) is 18.7 Å². The van der Waals surface area contributed by atoms with Crippen LogP contribution in [0.3, 0.4) is 0 Å². The number of nitrogens with zero attached hydrogens (tertiary/aromatic N) is 1. The predicted molar refractivity (Wildman–Crippen MR) is 107 cm³/mol. The Morgan fingerprint density at radius 1 is 1.39 bits per heavy atom. The summed E-state index contributed by atoms with van der Waals surface area (Å²) in [6.07, 6.45) is 7.46. The van der Waals surface area contributed by atoms with Crippen molar-refractivity contribution in [3.8, 4) is 12.3 Å². The first-order valence-electron chi connectivity index (χ1n) is 8.46. The number of hydrogen-bond acceptors (Lipinski definition) is 3. The molecule has 8 heteroatoms. The monoisotopic (exact) mass is 468 g/mol. The molecule has 1 saturated carbocycles. The van der Waals surface area contributed by atoms with Gasteiger partial charge in [0.1, 0.15) is 5.69 Å². The van der Waals surface area contributed by atoms with Gasteiger partial charge in [0.25, 0.3) is 5.91 Å². The van der Waals surface area contributed by atoms with Crippen LogP contribution in [0.5, 0.6) is 0 Å². The van der Waals surface area contributed by atoms with Gasteiger partial charge in [0.15, 0.2) is 11.6 Å². The topological polar surface area (TPSA) is 41.6 Å². The Labute approximate surface area is 175 Å². The summed E-state index contributed by atoms with van der Waals surface area (Å²) in [6, 6.07) is 6.02. The molecule has 0 atom stereocenters. The molecule has 2 aromatic carbocycles. The number of anilines is 2. The van der Waals surface area contributed by atoms with Crippen molar-refractivity contribution in [2.45, 2.75) is 19.8 Å². The maximum atomic E-state index is 14.8. The second-order valence-corrected chi connectivity index (χ2v) is 7.69. The molecule has 1 fully saturated rings. The van der Waals surface area contributed by atoms with Crippen LogP contribution in [0.1, 0.15) is 34.3 Å². The molecular weight excluding hydrogens is 454 g/mol. The quantitative estimate of drug-likeness (QED) is 0.267. The molecule has 0 aliphatic heterocycles. The fourth-order valence-corrected chi connectivity index (χ4v) is 3.36. The van der Waals surface area contributed by atoms with E-state index in [1.807, 2.05) is 0 Å². The highest BCUT2D eigenvalue weighted by molar-refractivity contribution is 9.10. The molecule has 3 rings (SSSR count). The number of carbonyl (C=O) groups is 1. The lowest BCUT2D eigenvalue weighted by Gasteiger charge is -2.22. The van der Waals surface area contributed by atoms with E-state index in [-0.39, 0.29) is 10.0 Å². The van der Waals surface area contributed by atoms with Crippen LogP contribution in [0.4, 0.5) is 20.2 Å². The molecule has 1 aliphatic rings. The van der Waals surface area contributed by atoms with E-state index in [1.165, 1.54) is 0 Å². The van der Waals surface area contributed by atoms with Gasteiger partial charge in [0.05, 0.1) is 22.3 Å². The van der Waals surface area contributed by atoms with Gasteiger partial charge in [-0.2, -0.15) is 0 Å². The van der Waals surface area contributed by atoms with Crippen LogP contribution >= 0.6 is 27.7 Å². The van der Waals surface area contributed by atoms with Crippen LogP contribution in [0.25, 0.3) is 0 Å². The Balaban J connectivity index is 1.99. The van der Waals surface area contributed by atoms with Crippen molar-refractivity contribution in [2.75, 3.05) is 11.0 Å². The van der Waals surface area contributed by atoms with Gasteiger partial charge in [0, 0.05) is 17.3 Å². The van der Waals surface area contributed by atoms with Crippen LogP contribution in [0.15, 0.2) is 28.7 Å². The summed E-state index contributed by atoms with van der Waals surface area (Å²) in [5.41, 5.74) is 3.25. The molecule has 1 aliphatic carbocycles. The van der Waals surface area contributed by atoms with Gasteiger partial charge in [-0.3, -0.25) is 9.63 Å². The van der Waals surface area contributed by atoms with Crippen molar-refractivity contribution in [3.63, 3.8) is 0 Å². The molecule has 2 aromatic rings. The van der Waals surface area contributed by atoms with Crippen LogP contribution in [0, 0.1) is 36.8 Å². The lowest BCUT2D eigenvalue weighted by atomic mass is 10.1. The number of amides is 1. The van der Waals surface area contributed by atoms with E-state index in [0.29, 0.717) is 29.3 Å². The molecule has 0 saturated heterocycles. The first-order valence-corrected chi connectivity index (χ1v) is 9.59. The molecule has 0 radical (unpaired) electrons. The zero-order valence-corrected chi connectivity index (χ0v) is 17.2. The molecule has 4 nitrogen and oxygen atoms in total. The van der Waals surface area contributed by atoms with Gasteiger partial charge < -0.3 is 0 Å². The largest absolute Gasteiger partial charge is 0.277 e. The number of nitrogens with one attached hydrogen (secondary N) is 1. The number of rotatable bonds is 6. The van der Waals surface area contributed by atoms with Crippen molar-refractivity contribution in [2.24, 2.45) is 5.92 Å². The minimum Gasteiger partial charge on any atom is -0.273 e. The highest BCUT2D eigenvalue weighted by Crippen LogP contribution is 2.38. The Hall–Kier alpha value is -2.14. The smallest absolute Gasteiger partial charge is 0.273 e. The zero-order valence-electron chi connectivity index (χ0n) is 14.9. The first-order chi connectivity index (χ1) is 13.3. The minimum atomic E-state index is -1.27. The Kier molecular flexibility index (Phi) is 6.23. The second kappa shape index (κ2) is 8.48. The fraction of sp³-hybridized carbons (Fsp3) is 0.250. The van der Waals surface area contributed by atoms with E-state index in [1.54, 1.807) is 25.1 Å². The SMILES string of the molecule is C#Cc1ccc(N(Cl)c2c(C(=O)NOCC3CC3)cc(Br)c(F)c2F)c(C)c1.